The van der Waals surface area contributed by atoms with Gasteiger partial charge in [-0.2, -0.15) is 0 Å². The molecule has 2 amide bonds. The Morgan fingerprint density at radius 2 is 1.89 bits per heavy atom. The lowest BCUT2D eigenvalue weighted by atomic mass is 10.1. The van der Waals surface area contributed by atoms with E-state index >= 15 is 0 Å². The molecule has 6 N–H and O–H groups in total. The van der Waals surface area contributed by atoms with Crippen LogP contribution in [0.5, 0.6) is 0 Å². The van der Waals surface area contributed by atoms with E-state index in [2.05, 4.69) is 0 Å². The van der Waals surface area contributed by atoms with E-state index in [-0.39, 0.29) is 19.1 Å². The maximum Gasteiger partial charge on any atom is 0.231 e. The van der Waals surface area contributed by atoms with Gasteiger partial charge in [0.1, 0.15) is 5.76 Å². The third-order valence-corrected chi connectivity index (χ3v) is 2.44. The highest BCUT2D eigenvalue weighted by molar-refractivity contribution is 5.79. The van der Waals surface area contributed by atoms with Crippen LogP contribution in [0.2, 0.25) is 0 Å². The second kappa shape index (κ2) is 6.18. The molecule has 0 saturated carbocycles. The molecule has 1 rings (SSSR count). The van der Waals surface area contributed by atoms with Gasteiger partial charge >= 0.3 is 0 Å². The number of hydrogen-bond donors (Lipinski definition) is 3. The molecule has 2 unspecified atom stereocenters. The SMILES string of the molecule is CC(N)C(c1ccco1)N(CC(N)=O)CC(N)=O. The number of carbonyl (C=O) groups is 2. The molecule has 0 aliphatic heterocycles. The van der Waals surface area contributed by atoms with Crippen molar-refractivity contribution in [1.82, 2.24) is 4.90 Å². The van der Waals surface area contributed by atoms with Crippen LogP contribution in [0.15, 0.2) is 22.8 Å². The van der Waals surface area contributed by atoms with Crippen LogP contribution in [-0.4, -0.2) is 35.8 Å². The Morgan fingerprint density at radius 1 is 1.33 bits per heavy atom. The summed E-state index contributed by atoms with van der Waals surface area (Å²) in [6, 6.07) is 2.65. The van der Waals surface area contributed by atoms with E-state index in [0.29, 0.717) is 5.76 Å². The van der Waals surface area contributed by atoms with Crippen LogP contribution in [0, 0.1) is 0 Å². The molecule has 0 aliphatic rings. The minimum absolute atomic E-state index is 0.115. The summed E-state index contributed by atoms with van der Waals surface area (Å²) in [7, 11) is 0. The molecule has 0 bridgehead atoms. The summed E-state index contributed by atoms with van der Waals surface area (Å²) < 4.78 is 5.28. The topological polar surface area (TPSA) is 129 Å². The van der Waals surface area contributed by atoms with Crippen LogP contribution >= 0.6 is 0 Å². The monoisotopic (exact) mass is 254 g/mol. The molecule has 0 spiro atoms. The molecule has 1 aromatic rings. The third kappa shape index (κ3) is 3.86. The van der Waals surface area contributed by atoms with Crippen molar-refractivity contribution in [2.45, 2.75) is 19.0 Å². The van der Waals surface area contributed by atoms with E-state index < -0.39 is 17.9 Å². The van der Waals surface area contributed by atoms with Gasteiger partial charge in [0.05, 0.1) is 25.4 Å². The number of furan rings is 1. The highest BCUT2D eigenvalue weighted by Gasteiger charge is 2.28. The number of amides is 2. The fourth-order valence-corrected chi connectivity index (χ4v) is 1.88. The van der Waals surface area contributed by atoms with Gasteiger partial charge in [-0.05, 0) is 19.1 Å². The molecule has 0 aliphatic carbocycles. The molecule has 0 radical (unpaired) electrons. The van der Waals surface area contributed by atoms with Gasteiger partial charge in [0.2, 0.25) is 11.8 Å². The number of primary amides is 2. The predicted octanol–water partition coefficient (Wildman–Crippen LogP) is -1.06. The number of nitrogens with zero attached hydrogens (tertiary/aromatic N) is 1. The Bertz CT molecular complexity index is 386. The Kier molecular flexibility index (Phi) is 4.87. The molecular formula is C11H18N4O3. The first-order valence-electron chi connectivity index (χ1n) is 5.51. The second-order valence-corrected chi connectivity index (χ2v) is 4.16. The Labute approximate surface area is 105 Å². The van der Waals surface area contributed by atoms with Crippen molar-refractivity contribution < 1.29 is 14.0 Å². The summed E-state index contributed by atoms with van der Waals surface area (Å²) in [6.07, 6.45) is 1.50. The zero-order valence-electron chi connectivity index (χ0n) is 10.2. The molecule has 7 nitrogen and oxygen atoms in total. The van der Waals surface area contributed by atoms with Gasteiger partial charge < -0.3 is 21.6 Å². The standard InChI is InChI=1S/C11H18N4O3/c1-7(12)11(8-3-2-4-18-8)15(5-9(13)16)6-10(14)17/h2-4,7,11H,5-6,12H2,1H3,(H2,13,16)(H2,14,17). The maximum absolute atomic E-state index is 11.0. The van der Waals surface area contributed by atoms with Crippen LogP contribution in [0.25, 0.3) is 0 Å². The first-order chi connectivity index (χ1) is 8.41. The zero-order chi connectivity index (χ0) is 13.7. The Balaban J connectivity index is 2.97. The van der Waals surface area contributed by atoms with Gasteiger partial charge in [0, 0.05) is 6.04 Å². The first kappa shape index (κ1) is 14.2. The molecule has 1 aromatic heterocycles. The maximum atomic E-state index is 11.0. The summed E-state index contributed by atoms with van der Waals surface area (Å²) in [5.74, 6) is -0.561. The number of carbonyl (C=O) groups excluding carboxylic acids is 2. The van der Waals surface area contributed by atoms with Gasteiger partial charge in [-0.3, -0.25) is 14.5 Å². The molecule has 0 aromatic carbocycles. The zero-order valence-corrected chi connectivity index (χ0v) is 10.2. The predicted molar refractivity (Wildman–Crippen MR) is 65.1 cm³/mol. The van der Waals surface area contributed by atoms with Crippen LogP contribution in [0.1, 0.15) is 18.7 Å². The minimum Gasteiger partial charge on any atom is -0.468 e. The van der Waals surface area contributed by atoms with E-state index in [1.165, 1.54) is 11.2 Å². The van der Waals surface area contributed by atoms with Crippen LogP contribution < -0.4 is 17.2 Å². The molecule has 18 heavy (non-hydrogen) atoms. The van der Waals surface area contributed by atoms with Crippen LogP contribution in [0.3, 0.4) is 0 Å². The van der Waals surface area contributed by atoms with E-state index in [0.717, 1.165) is 0 Å². The normalized spacial score (nSPS) is 14.4. The van der Waals surface area contributed by atoms with E-state index in [1.807, 2.05) is 0 Å². The Hall–Kier alpha value is -1.86. The van der Waals surface area contributed by atoms with Gasteiger partial charge in [-0.15, -0.1) is 0 Å². The number of nitrogens with two attached hydrogens (primary N) is 3. The Morgan fingerprint density at radius 3 is 2.22 bits per heavy atom. The fraction of sp³-hybridized carbons (Fsp3) is 0.455. The van der Waals surface area contributed by atoms with Crippen molar-refractivity contribution in [2.24, 2.45) is 17.2 Å². The fourth-order valence-electron chi connectivity index (χ4n) is 1.88. The second-order valence-electron chi connectivity index (χ2n) is 4.16. The molecule has 0 fully saturated rings. The largest absolute Gasteiger partial charge is 0.468 e. The van der Waals surface area contributed by atoms with Crippen molar-refractivity contribution in [1.29, 1.82) is 0 Å². The lowest BCUT2D eigenvalue weighted by Crippen LogP contribution is -2.46. The van der Waals surface area contributed by atoms with E-state index in [1.54, 1.807) is 19.1 Å². The number of hydrogen-bond acceptors (Lipinski definition) is 5. The van der Waals surface area contributed by atoms with Crippen molar-refractivity contribution >= 4 is 11.8 Å². The smallest absolute Gasteiger partial charge is 0.231 e. The molecule has 0 saturated heterocycles. The van der Waals surface area contributed by atoms with Crippen molar-refractivity contribution in [2.75, 3.05) is 13.1 Å². The van der Waals surface area contributed by atoms with Gasteiger partial charge in [0.25, 0.3) is 0 Å². The van der Waals surface area contributed by atoms with E-state index in [4.69, 9.17) is 21.6 Å². The highest BCUT2D eigenvalue weighted by Crippen LogP contribution is 2.23. The van der Waals surface area contributed by atoms with Gasteiger partial charge in [0.15, 0.2) is 0 Å². The highest BCUT2D eigenvalue weighted by atomic mass is 16.3. The summed E-state index contributed by atoms with van der Waals surface area (Å²) in [5, 5.41) is 0. The summed E-state index contributed by atoms with van der Waals surface area (Å²) >= 11 is 0. The molecular weight excluding hydrogens is 236 g/mol. The summed E-state index contributed by atoms with van der Waals surface area (Å²) in [4.78, 5) is 23.6. The average Bonchev–Trinajstić information content (AvgIpc) is 2.68. The van der Waals surface area contributed by atoms with E-state index in [9.17, 15) is 9.59 Å². The van der Waals surface area contributed by atoms with Gasteiger partial charge in [-0.1, -0.05) is 0 Å². The average molecular weight is 254 g/mol. The molecule has 2 atom stereocenters. The summed E-state index contributed by atoms with van der Waals surface area (Å²) in [5.41, 5.74) is 16.2. The molecule has 1 heterocycles. The minimum atomic E-state index is -0.562. The quantitative estimate of drug-likeness (QED) is 0.571. The first-order valence-corrected chi connectivity index (χ1v) is 5.51. The van der Waals surface area contributed by atoms with Gasteiger partial charge in [-0.25, -0.2) is 0 Å². The van der Waals surface area contributed by atoms with Crippen molar-refractivity contribution in [3.8, 4) is 0 Å². The lowest BCUT2D eigenvalue weighted by molar-refractivity contribution is -0.123. The van der Waals surface area contributed by atoms with Crippen LogP contribution in [-0.2, 0) is 9.59 Å². The van der Waals surface area contributed by atoms with Crippen molar-refractivity contribution in [3.63, 3.8) is 0 Å². The lowest BCUT2D eigenvalue weighted by Gasteiger charge is -2.30. The third-order valence-electron chi connectivity index (χ3n) is 2.44. The number of rotatable bonds is 7. The van der Waals surface area contributed by atoms with Crippen LogP contribution in [0.4, 0.5) is 0 Å². The summed E-state index contributed by atoms with van der Waals surface area (Å²) in [6.45, 7) is 1.52. The van der Waals surface area contributed by atoms with Crippen molar-refractivity contribution in [3.05, 3.63) is 24.2 Å². The molecule has 7 heteroatoms. The molecule has 100 valence electrons.